The van der Waals surface area contributed by atoms with Crippen molar-refractivity contribution in [1.82, 2.24) is 0 Å². The smallest absolute Gasteiger partial charge is 0.167 e. The number of methoxy groups -OCH3 is 1. The summed E-state index contributed by atoms with van der Waals surface area (Å²) in [5.41, 5.74) is 3.98. The first-order valence-electron chi connectivity index (χ1n) is 11.6. The molecule has 2 nitrogen and oxygen atoms in total. The molecule has 0 atom stereocenters. The van der Waals surface area contributed by atoms with Gasteiger partial charge in [0.25, 0.3) is 0 Å². The lowest BCUT2D eigenvalue weighted by Gasteiger charge is -2.11. The Morgan fingerprint density at radius 3 is 1.77 bits per heavy atom. The van der Waals surface area contributed by atoms with E-state index in [2.05, 4.69) is 0 Å². The summed E-state index contributed by atoms with van der Waals surface area (Å²) in [6.07, 6.45) is 1.18. The van der Waals surface area contributed by atoms with Crippen LogP contribution in [0, 0.1) is 17.5 Å². The molecule has 0 saturated carbocycles. The van der Waals surface area contributed by atoms with Crippen molar-refractivity contribution in [3.8, 4) is 28.0 Å². The van der Waals surface area contributed by atoms with E-state index in [0.29, 0.717) is 48.5 Å². The van der Waals surface area contributed by atoms with E-state index in [1.165, 1.54) is 6.07 Å². The molecule has 0 radical (unpaired) electrons. The number of benzene rings is 4. The van der Waals surface area contributed by atoms with Gasteiger partial charge in [0.15, 0.2) is 11.6 Å². The van der Waals surface area contributed by atoms with Gasteiger partial charge in [0.05, 0.1) is 13.7 Å². The zero-order valence-electron chi connectivity index (χ0n) is 19.8. The summed E-state index contributed by atoms with van der Waals surface area (Å²) >= 11 is 0. The zero-order valence-corrected chi connectivity index (χ0v) is 19.8. The normalized spacial score (nSPS) is 11.0. The summed E-state index contributed by atoms with van der Waals surface area (Å²) in [4.78, 5) is 0. The SMILES string of the molecule is CCOCc1ccc(CCc2ccc(-c3ccc(-c4ccc(OC)cc4)c(F)c3F)cc2)c(F)c1. The fourth-order valence-corrected chi connectivity index (χ4v) is 4.00. The van der Waals surface area contributed by atoms with Gasteiger partial charge >= 0.3 is 0 Å². The molecular formula is C30H27F3O2. The van der Waals surface area contributed by atoms with Crippen LogP contribution in [0.4, 0.5) is 13.2 Å². The summed E-state index contributed by atoms with van der Waals surface area (Å²) in [6, 6.07) is 22.4. The second kappa shape index (κ2) is 11.2. The molecule has 5 heteroatoms. The van der Waals surface area contributed by atoms with Crippen molar-refractivity contribution in [2.75, 3.05) is 13.7 Å². The molecule has 4 rings (SSSR count). The molecule has 0 aliphatic heterocycles. The van der Waals surface area contributed by atoms with E-state index in [4.69, 9.17) is 9.47 Å². The standard InChI is InChI=1S/C30H27F3O2/c1-3-35-19-21-7-11-24(28(31)18-21)10-6-20-4-8-22(9-5-20)26-16-17-27(30(33)29(26)32)23-12-14-25(34-2)15-13-23/h4-5,7-9,11-18H,3,6,10,19H2,1-2H3. The van der Waals surface area contributed by atoms with Crippen LogP contribution >= 0.6 is 0 Å². The fourth-order valence-electron chi connectivity index (χ4n) is 4.00. The fraction of sp³-hybridized carbons (Fsp3) is 0.200. The van der Waals surface area contributed by atoms with E-state index in [1.54, 1.807) is 61.7 Å². The molecule has 0 aromatic heterocycles. The highest BCUT2D eigenvalue weighted by molar-refractivity contribution is 5.72. The number of aryl methyl sites for hydroxylation is 2. The molecule has 180 valence electrons. The Morgan fingerprint density at radius 1 is 0.657 bits per heavy atom. The van der Waals surface area contributed by atoms with Crippen LogP contribution in [0.15, 0.2) is 78.9 Å². The molecule has 4 aromatic rings. The third-order valence-corrected chi connectivity index (χ3v) is 6.02. The predicted molar refractivity (Wildman–Crippen MR) is 133 cm³/mol. The van der Waals surface area contributed by atoms with Crippen LogP contribution in [0.25, 0.3) is 22.3 Å². The van der Waals surface area contributed by atoms with Gasteiger partial charge in [-0.1, -0.05) is 60.7 Å². The summed E-state index contributed by atoms with van der Waals surface area (Å²) in [6.45, 7) is 2.88. The van der Waals surface area contributed by atoms with Crippen molar-refractivity contribution >= 4 is 0 Å². The lowest BCUT2D eigenvalue weighted by atomic mass is 9.97. The molecule has 0 bridgehead atoms. The summed E-state index contributed by atoms with van der Waals surface area (Å²) in [5.74, 6) is -1.37. The van der Waals surface area contributed by atoms with Gasteiger partial charge in [0.1, 0.15) is 11.6 Å². The molecular weight excluding hydrogens is 449 g/mol. The van der Waals surface area contributed by atoms with E-state index < -0.39 is 11.6 Å². The van der Waals surface area contributed by atoms with Crippen LogP contribution < -0.4 is 4.74 Å². The van der Waals surface area contributed by atoms with Gasteiger partial charge in [-0.3, -0.25) is 0 Å². The Balaban J connectivity index is 1.46. The number of halogens is 3. The summed E-state index contributed by atoms with van der Waals surface area (Å²) < 4.78 is 54.7. The highest BCUT2D eigenvalue weighted by Gasteiger charge is 2.16. The first-order valence-corrected chi connectivity index (χ1v) is 11.6. The Hall–Kier alpha value is -3.57. The maximum absolute atomic E-state index is 15.0. The third kappa shape index (κ3) is 5.75. The van der Waals surface area contributed by atoms with Crippen molar-refractivity contribution in [2.45, 2.75) is 26.4 Å². The van der Waals surface area contributed by atoms with E-state index in [0.717, 1.165) is 11.1 Å². The highest BCUT2D eigenvalue weighted by atomic mass is 19.2. The Kier molecular flexibility index (Phi) is 7.88. The molecule has 0 N–H and O–H groups in total. The van der Waals surface area contributed by atoms with Gasteiger partial charge in [-0.15, -0.1) is 0 Å². The second-order valence-electron chi connectivity index (χ2n) is 8.28. The Morgan fingerprint density at radius 2 is 1.23 bits per heavy atom. The number of hydrogen-bond acceptors (Lipinski definition) is 2. The molecule has 35 heavy (non-hydrogen) atoms. The third-order valence-electron chi connectivity index (χ3n) is 6.02. The van der Waals surface area contributed by atoms with E-state index in [1.807, 2.05) is 25.1 Å². The van der Waals surface area contributed by atoms with Crippen LogP contribution in [0.2, 0.25) is 0 Å². The second-order valence-corrected chi connectivity index (χ2v) is 8.28. The number of ether oxygens (including phenoxy) is 2. The van der Waals surface area contributed by atoms with Crippen molar-refractivity contribution in [3.05, 3.63) is 113 Å². The molecule has 0 amide bonds. The largest absolute Gasteiger partial charge is 0.497 e. The molecule has 0 fully saturated rings. The minimum absolute atomic E-state index is 0.194. The first kappa shape index (κ1) is 24.6. The topological polar surface area (TPSA) is 18.5 Å². The summed E-state index contributed by atoms with van der Waals surface area (Å²) in [7, 11) is 1.55. The first-order chi connectivity index (χ1) is 17.0. The van der Waals surface area contributed by atoms with Crippen molar-refractivity contribution < 1.29 is 22.6 Å². The van der Waals surface area contributed by atoms with Crippen molar-refractivity contribution in [1.29, 1.82) is 0 Å². The van der Waals surface area contributed by atoms with Gasteiger partial charge in [0, 0.05) is 17.7 Å². The van der Waals surface area contributed by atoms with Gasteiger partial charge in [-0.25, -0.2) is 13.2 Å². The quantitative estimate of drug-likeness (QED) is 0.246. The molecule has 0 aliphatic rings. The average Bonchev–Trinajstić information content (AvgIpc) is 2.89. The molecule has 0 aliphatic carbocycles. The average molecular weight is 477 g/mol. The van der Waals surface area contributed by atoms with Gasteiger partial charge < -0.3 is 9.47 Å². The molecule has 0 unspecified atom stereocenters. The van der Waals surface area contributed by atoms with Crippen LogP contribution in [-0.4, -0.2) is 13.7 Å². The molecule has 0 spiro atoms. The van der Waals surface area contributed by atoms with E-state index in [-0.39, 0.29) is 16.9 Å². The Labute approximate surface area is 204 Å². The van der Waals surface area contributed by atoms with Gasteiger partial charge in [-0.05, 0) is 65.8 Å². The zero-order chi connectivity index (χ0) is 24.8. The van der Waals surface area contributed by atoms with Crippen LogP contribution in [0.3, 0.4) is 0 Å². The number of rotatable bonds is 9. The van der Waals surface area contributed by atoms with E-state index in [9.17, 15) is 13.2 Å². The summed E-state index contributed by atoms with van der Waals surface area (Å²) in [5, 5.41) is 0. The molecule has 0 saturated heterocycles. The minimum atomic E-state index is -0.889. The van der Waals surface area contributed by atoms with Crippen LogP contribution in [0.1, 0.15) is 23.6 Å². The maximum Gasteiger partial charge on any atom is 0.167 e. The van der Waals surface area contributed by atoms with Crippen LogP contribution in [-0.2, 0) is 24.2 Å². The minimum Gasteiger partial charge on any atom is -0.497 e. The van der Waals surface area contributed by atoms with Crippen molar-refractivity contribution in [2.24, 2.45) is 0 Å². The Bertz CT molecular complexity index is 1280. The molecule has 4 aromatic carbocycles. The maximum atomic E-state index is 15.0. The lowest BCUT2D eigenvalue weighted by molar-refractivity contribution is 0.134. The lowest BCUT2D eigenvalue weighted by Crippen LogP contribution is -1.98. The number of hydrogen-bond donors (Lipinski definition) is 0. The highest BCUT2D eigenvalue weighted by Crippen LogP contribution is 2.32. The monoisotopic (exact) mass is 476 g/mol. The van der Waals surface area contributed by atoms with Gasteiger partial charge in [-0.2, -0.15) is 0 Å². The van der Waals surface area contributed by atoms with Crippen molar-refractivity contribution in [3.63, 3.8) is 0 Å². The predicted octanol–water partition coefficient (Wildman–Crippen LogP) is 7.77. The van der Waals surface area contributed by atoms with Gasteiger partial charge in [0.2, 0.25) is 0 Å². The molecule has 0 heterocycles. The van der Waals surface area contributed by atoms with Crippen LogP contribution in [0.5, 0.6) is 5.75 Å². The van der Waals surface area contributed by atoms with E-state index >= 15 is 0 Å².